The molecule has 23 heavy (non-hydrogen) atoms. The van der Waals surface area contributed by atoms with Gasteiger partial charge in [-0.2, -0.15) is 0 Å². The van der Waals surface area contributed by atoms with E-state index in [4.69, 9.17) is 4.74 Å². The monoisotopic (exact) mass is 327 g/mol. The highest BCUT2D eigenvalue weighted by Gasteiger charge is 2.48. The fourth-order valence-electron chi connectivity index (χ4n) is 3.60. The Morgan fingerprint density at radius 2 is 1.87 bits per heavy atom. The van der Waals surface area contributed by atoms with Crippen LogP contribution in [0.5, 0.6) is 0 Å². The first kappa shape index (κ1) is 16.8. The lowest BCUT2D eigenvalue weighted by Crippen LogP contribution is -2.59. The minimum absolute atomic E-state index is 0.0930. The number of hydrogen-bond donors (Lipinski definition) is 2. The van der Waals surface area contributed by atoms with Gasteiger partial charge < -0.3 is 14.9 Å². The Hall–Kier alpha value is -1.08. The number of halogens is 2. The minimum atomic E-state index is -1.15. The van der Waals surface area contributed by atoms with E-state index in [1.165, 1.54) is 18.2 Å². The van der Waals surface area contributed by atoms with Crippen molar-refractivity contribution in [3.63, 3.8) is 0 Å². The van der Waals surface area contributed by atoms with Crippen molar-refractivity contribution in [2.45, 2.75) is 50.0 Å². The summed E-state index contributed by atoms with van der Waals surface area (Å²) < 4.78 is 33.3. The number of aliphatic hydroxyl groups excluding tert-OH is 1. The highest BCUT2D eigenvalue weighted by atomic mass is 19.1. The van der Waals surface area contributed by atoms with Crippen molar-refractivity contribution in [2.75, 3.05) is 19.7 Å². The number of hydrogen-bond acceptors (Lipinski definition) is 4. The zero-order valence-corrected chi connectivity index (χ0v) is 13.3. The Kier molecular flexibility index (Phi) is 4.44. The van der Waals surface area contributed by atoms with Gasteiger partial charge in [-0.25, -0.2) is 8.78 Å². The van der Waals surface area contributed by atoms with E-state index < -0.39 is 28.9 Å². The standard InChI is InChI=1S/C17H23F2NO3/c1-16(22)11-17(23-10-15(16)21)5-7-20(8-6-17)9-12-13(18)3-2-4-14(12)19/h2-4,15,21-22H,5-11H2,1H3/t15-,16-/m0/s1. The number of piperidine rings is 1. The zero-order chi connectivity index (χ0) is 16.7. The molecule has 0 aliphatic carbocycles. The first-order valence-electron chi connectivity index (χ1n) is 8.01. The fraction of sp³-hybridized carbons (Fsp3) is 0.647. The molecule has 1 aromatic rings. The molecule has 2 heterocycles. The molecule has 0 amide bonds. The minimum Gasteiger partial charge on any atom is -0.388 e. The molecule has 128 valence electrons. The molecule has 1 spiro atoms. The Labute approximate surface area is 134 Å². The Morgan fingerprint density at radius 3 is 2.43 bits per heavy atom. The van der Waals surface area contributed by atoms with Crippen molar-refractivity contribution in [3.05, 3.63) is 35.4 Å². The number of likely N-dealkylation sites (tertiary alicyclic amines) is 1. The van der Waals surface area contributed by atoms with E-state index in [1.807, 2.05) is 4.90 Å². The second-order valence-electron chi connectivity index (χ2n) is 7.02. The third-order valence-electron chi connectivity index (χ3n) is 5.16. The second kappa shape index (κ2) is 6.09. The van der Waals surface area contributed by atoms with Crippen molar-refractivity contribution in [1.29, 1.82) is 0 Å². The van der Waals surface area contributed by atoms with Crippen molar-refractivity contribution in [2.24, 2.45) is 0 Å². The van der Waals surface area contributed by atoms with Crippen LogP contribution in [0.2, 0.25) is 0 Å². The van der Waals surface area contributed by atoms with Gasteiger partial charge in [0.1, 0.15) is 17.7 Å². The summed E-state index contributed by atoms with van der Waals surface area (Å²) in [6.45, 7) is 3.26. The van der Waals surface area contributed by atoms with E-state index >= 15 is 0 Å². The summed E-state index contributed by atoms with van der Waals surface area (Å²) in [6, 6.07) is 3.90. The van der Waals surface area contributed by atoms with Gasteiger partial charge >= 0.3 is 0 Å². The van der Waals surface area contributed by atoms with Crippen LogP contribution < -0.4 is 0 Å². The number of nitrogens with zero attached hydrogens (tertiary/aromatic N) is 1. The largest absolute Gasteiger partial charge is 0.388 e. The van der Waals surface area contributed by atoms with Gasteiger partial charge in [0.05, 0.1) is 17.8 Å². The van der Waals surface area contributed by atoms with Crippen LogP contribution in [0.25, 0.3) is 0 Å². The summed E-state index contributed by atoms with van der Waals surface area (Å²) in [5, 5.41) is 20.1. The van der Waals surface area contributed by atoms with Crippen LogP contribution in [0.1, 0.15) is 31.7 Å². The molecule has 2 saturated heterocycles. The van der Waals surface area contributed by atoms with Crippen molar-refractivity contribution in [1.82, 2.24) is 4.90 Å². The molecule has 0 aromatic heterocycles. The molecule has 2 aliphatic heterocycles. The topological polar surface area (TPSA) is 52.9 Å². The van der Waals surface area contributed by atoms with E-state index in [0.29, 0.717) is 32.4 Å². The van der Waals surface area contributed by atoms with Crippen LogP contribution in [0, 0.1) is 11.6 Å². The maximum absolute atomic E-state index is 13.7. The molecule has 0 saturated carbocycles. The number of aliphatic hydroxyl groups is 2. The molecular formula is C17H23F2NO3. The molecule has 2 aliphatic rings. The third-order valence-corrected chi connectivity index (χ3v) is 5.16. The smallest absolute Gasteiger partial charge is 0.130 e. The molecule has 0 radical (unpaired) electrons. The number of ether oxygens (including phenoxy) is 1. The maximum atomic E-state index is 13.7. The molecule has 3 rings (SSSR count). The van der Waals surface area contributed by atoms with Crippen LogP contribution in [0.3, 0.4) is 0 Å². The van der Waals surface area contributed by atoms with Gasteiger partial charge in [0.15, 0.2) is 0 Å². The quantitative estimate of drug-likeness (QED) is 0.870. The van der Waals surface area contributed by atoms with E-state index in [2.05, 4.69) is 0 Å². The van der Waals surface area contributed by atoms with Gasteiger partial charge in [-0.15, -0.1) is 0 Å². The molecule has 4 nitrogen and oxygen atoms in total. The Bertz CT molecular complexity index is 551. The number of benzene rings is 1. The summed E-state index contributed by atoms with van der Waals surface area (Å²) in [6.07, 6.45) is 0.847. The lowest BCUT2D eigenvalue weighted by atomic mass is 9.76. The first-order chi connectivity index (χ1) is 10.8. The van der Waals surface area contributed by atoms with Crippen LogP contribution in [0.15, 0.2) is 18.2 Å². The summed E-state index contributed by atoms with van der Waals surface area (Å²) in [5.74, 6) is -1.05. The van der Waals surface area contributed by atoms with Gasteiger partial charge in [-0.1, -0.05) is 6.07 Å². The summed E-state index contributed by atoms with van der Waals surface area (Å²) >= 11 is 0. The van der Waals surface area contributed by atoms with Gasteiger partial charge in [0, 0.05) is 31.6 Å². The van der Waals surface area contributed by atoms with E-state index in [9.17, 15) is 19.0 Å². The van der Waals surface area contributed by atoms with Crippen molar-refractivity contribution >= 4 is 0 Å². The first-order valence-corrected chi connectivity index (χ1v) is 8.01. The summed E-state index contributed by atoms with van der Waals surface area (Å²) in [7, 11) is 0. The molecule has 6 heteroatoms. The molecule has 0 unspecified atom stereocenters. The Morgan fingerprint density at radius 1 is 1.26 bits per heavy atom. The molecule has 1 aromatic carbocycles. The van der Waals surface area contributed by atoms with E-state index in [1.54, 1.807) is 6.92 Å². The van der Waals surface area contributed by atoms with Gasteiger partial charge in [-0.3, -0.25) is 4.90 Å². The van der Waals surface area contributed by atoms with E-state index in [-0.39, 0.29) is 18.7 Å². The Balaban J connectivity index is 1.63. The van der Waals surface area contributed by atoms with E-state index in [0.717, 1.165) is 0 Å². The van der Waals surface area contributed by atoms with Crippen LogP contribution in [-0.2, 0) is 11.3 Å². The normalized spacial score (nSPS) is 31.4. The molecule has 2 N–H and O–H groups in total. The van der Waals surface area contributed by atoms with Crippen LogP contribution >= 0.6 is 0 Å². The highest BCUT2D eigenvalue weighted by molar-refractivity contribution is 5.19. The predicted molar refractivity (Wildman–Crippen MR) is 80.8 cm³/mol. The lowest BCUT2D eigenvalue weighted by molar-refractivity contribution is -0.223. The maximum Gasteiger partial charge on any atom is 0.130 e. The summed E-state index contributed by atoms with van der Waals surface area (Å²) in [5.41, 5.74) is -1.51. The number of rotatable bonds is 2. The highest BCUT2D eigenvalue weighted by Crippen LogP contribution is 2.39. The molecule has 2 fully saturated rings. The average molecular weight is 327 g/mol. The van der Waals surface area contributed by atoms with Crippen molar-refractivity contribution in [3.8, 4) is 0 Å². The predicted octanol–water partition coefficient (Wildman–Crippen LogP) is 1.83. The average Bonchev–Trinajstić information content (AvgIpc) is 2.49. The van der Waals surface area contributed by atoms with Gasteiger partial charge in [0.25, 0.3) is 0 Å². The van der Waals surface area contributed by atoms with Gasteiger partial charge in [0.2, 0.25) is 0 Å². The fourth-order valence-corrected chi connectivity index (χ4v) is 3.60. The second-order valence-corrected chi connectivity index (χ2v) is 7.02. The molecule has 2 atom stereocenters. The van der Waals surface area contributed by atoms with Gasteiger partial charge in [-0.05, 0) is 31.9 Å². The van der Waals surface area contributed by atoms with Crippen LogP contribution in [0.4, 0.5) is 8.78 Å². The SMILES string of the molecule is C[C@]1(O)CC2(CCN(Cc3c(F)cccc3F)CC2)OC[C@@H]1O. The lowest BCUT2D eigenvalue weighted by Gasteiger charge is -2.50. The summed E-state index contributed by atoms with van der Waals surface area (Å²) in [4.78, 5) is 2.00. The van der Waals surface area contributed by atoms with Crippen LogP contribution in [-0.4, -0.2) is 52.1 Å². The molecular weight excluding hydrogens is 304 g/mol. The van der Waals surface area contributed by atoms with Crippen molar-refractivity contribution < 1.29 is 23.7 Å². The molecule has 0 bridgehead atoms. The zero-order valence-electron chi connectivity index (χ0n) is 13.3. The third kappa shape index (κ3) is 3.40.